The van der Waals surface area contributed by atoms with Crippen molar-refractivity contribution in [1.29, 1.82) is 0 Å². The molecule has 4 rings (SSSR count). The van der Waals surface area contributed by atoms with Gasteiger partial charge in [0.15, 0.2) is 0 Å². The molecule has 1 saturated heterocycles. The number of likely N-dealkylation sites (tertiary alicyclic amines) is 1. The van der Waals surface area contributed by atoms with Gasteiger partial charge in [0.2, 0.25) is 0 Å². The quantitative estimate of drug-likeness (QED) is 0.654. The number of hydrogen-bond acceptors (Lipinski definition) is 5. The first-order valence-electron chi connectivity index (χ1n) is 7.13. The van der Waals surface area contributed by atoms with Crippen LogP contribution in [-0.2, 0) is 5.60 Å². The lowest BCUT2D eigenvalue weighted by Crippen LogP contribution is -2.61. The maximum atomic E-state index is 12.6. The van der Waals surface area contributed by atoms with E-state index in [1.807, 2.05) is 12.1 Å². The fourth-order valence-corrected chi connectivity index (χ4v) is 2.77. The van der Waals surface area contributed by atoms with Crippen LogP contribution in [0.25, 0.3) is 11.1 Å². The lowest BCUT2D eigenvalue weighted by atomic mass is 9.90. The zero-order chi connectivity index (χ0) is 15.9. The number of amides is 1. The maximum Gasteiger partial charge on any atom is 0.272 e. The Bertz CT molecular complexity index is 821. The summed E-state index contributed by atoms with van der Waals surface area (Å²) in [6, 6.07) is 5.35. The third-order valence-electron chi connectivity index (χ3n) is 4.04. The number of carbonyl (C=O) groups excluding carboxylic acids is 1. The Labute approximate surface area is 131 Å². The molecule has 0 saturated carbocycles. The van der Waals surface area contributed by atoms with E-state index in [1.165, 1.54) is 0 Å². The zero-order valence-corrected chi connectivity index (χ0v) is 12.1. The molecule has 0 aromatic carbocycles. The van der Waals surface area contributed by atoms with Crippen LogP contribution in [0.1, 0.15) is 16.2 Å². The predicted octanol–water partition coefficient (Wildman–Crippen LogP) is 0.538. The molecule has 116 valence electrons. The molecular formula is C15H14N6O2. The number of carbonyl (C=O) groups is 1. The Morgan fingerprint density at radius 1 is 1.13 bits per heavy atom. The smallest absolute Gasteiger partial charge is 0.272 e. The van der Waals surface area contributed by atoms with E-state index in [0.29, 0.717) is 11.4 Å². The van der Waals surface area contributed by atoms with Crippen molar-refractivity contribution >= 4 is 5.91 Å². The molecule has 0 radical (unpaired) electrons. The van der Waals surface area contributed by atoms with Crippen LogP contribution < -0.4 is 0 Å². The number of hydrogen-bond donors (Lipinski definition) is 3. The number of aromatic nitrogens is 5. The summed E-state index contributed by atoms with van der Waals surface area (Å²) in [5.74, 6) is -0.196. The van der Waals surface area contributed by atoms with Gasteiger partial charge in [-0.2, -0.15) is 10.2 Å². The summed E-state index contributed by atoms with van der Waals surface area (Å²) in [5.41, 5.74) is 1.53. The lowest BCUT2D eigenvalue weighted by molar-refractivity contribution is -0.0893. The summed E-state index contributed by atoms with van der Waals surface area (Å²) in [4.78, 5) is 18.2. The Morgan fingerprint density at radius 2 is 1.91 bits per heavy atom. The number of nitrogens with zero attached hydrogens (tertiary/aromatic N) is 4. The van der Waals surface area contributed by atoms with Crippen molar-refractivity contribution in [1.82, 2.24) is 30.3 Å². The van der Waals surface area contributed by atoms with Crippen molar-refractivity contribution in [3.05, 3.63) is 54.4 Å². The molecule has 1 fully saturated rings. The number of H-pyrrole nitrogens is 2. The highest BCUT2D eigenvalue weighted by Crippen LogP contribution is 2.32. The minimum absolute atomic E-state index is 0.196. The van der Waals surface area contributed by atoms with Gasteiger partial charge in [-0.25, -0.2) is 0 Å². The molecule has 3 aromatic heterocycles. The van der Waals surface area contributed by atoms with Gasteiger partial charge in [0.25, 0.3) is 5.91 Å². The van der Waals surface area contributed by atoms with Crippen molar-refractivity contribution in [3.63, 3.8) is 0 Å². The Hall–Kier alpha value is -3.00. The third-order valence-corrected chi connectivity index (χ3v) is 4.04. The van der Waals surface area contributed by atoms with Crippen LogP contribution in [0.5, 0.6) is 0 Å². The van der Waals surface area contributed by atoms with E-state index in [4.69, 9.17) is 0 Å². The minimum atomic E-state index is -1.07. The topological polar surface area (TPSA) is 111 Å². The highest BCUT2D eigenvalue weighted by molar-refractivity contribution is 5.99. The van der Waals surface area contributed by atoms with Crippen molar-refractivity contribution in [2.24, 2.45) is 0 Å². The van der Waals surface area contributed by atoms with Crippen molar-refractivity contribution in [2.75, 3.05) is 13.1 Å². The van der Waals surface area contributed by atoms with Crippen LogP contribution in [0.2, 0.25) is 0 Å². The average molecular weight is 310 g/mol. The van der Waals surface area contributed by atoms with E-state index >= 15 is 0 Å². The van der Waals surface area contributed by atoms with Crippen molar-refractivity contribution in [2.45, 2.75) is 5.60 Å². The van der Waals surface area contributed by atoms with Gasteiger partial charge in [-0.3, -0.25) is 20.0 Å². The van der Waals surface area contributed by atoms with E-state index in [1.54, 1.807) is 35.8 Å². The molecule has 23 heavy (non-hydrogen) atoms. The lowest BCUT2D eigenvalue weighted by Gasteiger charge is -2.45. The monoisotopic (exact) mass is 310 g/mol. The molecule has 8 nitrogen and oxygen atoms in total. The molecule has 0 spiro atoms. The highest BCUT2D eigenvalue weighted by Gasteiger charge is 2.46. The fraction of sp³-hybridized carbons (Fsp3) is 0.200. The molecule has 3 aromatic rings. The molecular weight excluding hydrogens is 296 g/mol. The summed E-state index contributed by atoms with van der Waals surface area (Å²) in [6.45, 7) is 0.422. The number of nitrogens with one attached hydrogen (secondary N) is 2. The molecule has 0 bridgehead atoms. The van der Waals surface area contributed by atoms with Crippen LogP contribution in [0.15, 0.2) is 43.0 Å². The summed E-state index contributed by atoms with van der Waals surface area (Å²) < 4.78 is 0. The first-order valence-corrected chi connectivity index (χ1v) is 7.13. The van der Waals surface area contributed by atoms with Gasteiger partial charge in [0.1, 0.15) is 11.3 Å². The van der Waals surface area contributed by atoms with Gasteiger partial charge in [0, 0.05) is 24.2 Å². The number of β-amino-alcohol motifs (C(OH)–C–C–N with tert-alkyl or cyclic N) is 1. The summed E-state index contributed by atoms with van der Waals surface area (Å²) in [5, 5.41) is 23.8. The van der Waals surface area contributed by atoms with E-state index in [9.17, 15) is 9.90 Å². The van der Waals surface area contributed by atoms with Crippen LogP contribution in [-0.4, -0.2) is 54.4 Å². The fourth-order valence-electron chi connectivity index (χ4n) is 2.77. The van der Waals surface area contributed by atoms with E-state index in [0.717, 1.165) is 11.1 Å². The largest absolute Gasteiger partial charge is 0.380 e. The number of rotatable bonds is 3. The highest BCUT2D eigenvalue weighted by atomic mass is 16.3. The van der Waals surface area contributed by atoms with Gasteiger partial charge in [-0.05, 0) is 23.8 Å². The minimum Gasteiger partial charge on any atom is -0.380 e. The van der Waals surface area contributed by atoms with Crippen LogP contribution >= 0.6 is 0 Å². The van der Waals surface area contributed by atoms with Crippen LogP contribution in [0.4, 0.5) is 0 Å². The molecule has 0 atom stereocenters. The molecule has 1 aliphatic heterocycles. The molecule has 1 amide bonds. The van der Waals surface area contributed by atoms with Gasteiger partial charge in [-0.1, -0.05) is 0 Å². The van der Waals surface area contributed by atoms with E-state index < -0.39 is 5.60 Å². The Morgan fingerprint density at radius 3 is 2.61 bits per heavy atom. The van der Waals surface area contributed by atoms with E-state index in [-0.39, 0.29) is 19.0 Å². The Kier molecular flexibility index (Phi) is 2.98. The first kappa shape index (κ1) is 13.6. The van der Waals surface area contributed by atoms with Gasteiger partial charge in [-0.15, -0.1) is 0 Å². The first-order chi connectivity index (χ1) is 11.2. The molecule has 4 heterocycles. The van der Waals surface area contributed by atoms with Crippen molar-refractivity contribution < 1.29 is 9.90 Å². The third kappa shape index (κ3) is 2.20. The van der Waals surface area contributed by atoms with Crippen LogP contribution in [0.3, 0.4) is 0 Å². The van der Waals surface area contributed by atoms with Crippen molar-refractivity contribution in [3.8, 4) is 11.1 Å². The second kappa shape index (κ2) is 5.03. The SMILES string of the molecule is O=C(c1[nH]ncc1-c1ccncc1)N1CC(O)(c2ccn[nH]2)C1. The Balaban J connectivity index is 1.55. The van der Waals surface area contributed by atoms with E-state index in [2.05, 4.69) is 25.4 Å². The zero-order valence-electron chi connectivity index (χ0n) is 12.1. The second-order valence-corrected chi connectivity index (χ2v) is 5.56. The molecule has 1 aliphatic rings. The molecule has 0 aliphatic carbocycles. The predicted molar refractivity (Wildman–Crippen MR) is 80.2 cm³/mol. The van der Waals surface area contributed by atoms with Gasteiger partial charge >= 0.3 is 0 Å². The van der Waals surface area contributed by atoms with Gasteiger partial charge < -0.3 is 10.0 Å². The summed E-state index contributed by atoms with van der Waals surface area (Å²) in [6.07, 6.45) is 6.52. The molecule has 3 N–H and O–H groups in total. The molecule has 8 heteroatoms. The normalized spacial score (nSPS) is 16.1. The number of pyridine rings is 1. The number of aromatic amines is 2. The summed E-state index contributed by atoms with van der Waals surface area (Å²) >= 11 is 0. The standard InChI is InChI=1S/C15H14N6O2/c22-14(21-8-15(23,9-21)12-3-6-17-19-12)13-11(7-18-20-13)10-1-4-16-5-2-10/h1-7,23H,8-9H2,(H,17,19)(H,18,20). The van der Waals surface area contributed by atoms with Gasteiger partial charge in [0.05, 0.1) is 25.0 Å². The maximum absolute atomic E-state index is 12.6. The average Bonchev–Trinajstić information content (AvgIpc) is 3.23. The van der Waals surface area contributed by atoms with Crippen LogP contribution in [0, 0.1) is 0 Å². The summed E-state index contributed by atoms with van der Waals surface area (Å²) in [7, 11) is 0. The molecule has 0 unspecified atom stereocenters. The second-order valence-electron chi connectivity index (χ2n) is 5.56. The number of aliphatic hydroxyl groups is 1.